The van der Waals surface area contributed by atoms with Gasteiger partial charge in [-0.25, -0.2) is 4.79 Å². The minimum absolute atomic E-state index is 0.0162. The van der Waals surface area contributed by atoms with Crippen molar-refractivity contribution in [2.45, 2.75) is 13.3 Å². The van der Waals surface area contributed by atoms with E-state index in [1.165, 1.54) is 16.8 Å². The minimum atomic E-state index is -0.855. The standard InChI is InChI=1S/C11H18N2O5/c1-3-18-10(16)7-12(2)11(17)13-5-8(6-13)4-9(14)15/h8H,3-7H2,1-2H3,(H,14,15). The molecule has 1 heterocycles. The molecular weight excluding hydrogens is 240 g/mol. The summed E-state index contributed by atoms with van der Waals surface area (Å²) in [6, 6.07) is -0.273. The maximum Gasteiger partial charge on any atom is 0.325 e. The average molecular weight is 258 g/mol. The van der Waals surface area contributed by atoms with Crippen LogP contribution < -0.4 is 0 Å². The molecule has 2 amide bonds. The molecule has 0 aromatic heterocycles. The highest BCUT2D eigenvalue weighted by atomic mass is 16.5. The Morgan fingerprint density at radius 1 is 1.39 bits per heavy atom. The van der Waals surface area contributed by atoms with Crippen LogP contribution in [0.5, 0.6) is 0 Å². The number of ether oxygens (including phenoxy) is 1. The van der Waals surface area contributed by atoms with Gasteiger partial charge in [0.05, 0.1) is 13.0 Å². The molecule has 18 heavy (non-hydrogen) atoms. The molecule has 0 atom stereocenters. The Labute approximate surface area is 105 Å². The normalized spacial score (nSPS) is 14.9. The number of nitrogens with zero attached hydrogens (tertiary/aromatic N) is 2. The van der Waals surface area contributed by atoms with Crippen LogP contribution in [0.4, 0.5) is 4.79 Å². The second kappa shape index (κ2) is 6.23. The molecule has 0 saturated carbocycles. The predicted octanol–water partition coefficient (Wildman–Crippen LogP) is 0.00780. The van der Waals surface area contributed by atoms with Gasteiger partial charge < -0.3 is 19.6 Å². The van der Waals surface area contributed by atoms with E-state index in [1.54, 1.807) is 6.92 Å². The molecule has 0 radical (unpaired) electrons. The number of hydrogen-bond donors (Lipinski definition) is 1. The van der Waals surface area contributed by atoms with Gasteiger partial charge in [0.2, 0.25) is 0 Å². The van der Waals surface area contributed by atoms with E-state index < -0.39 is 11.9 Å². The average Bonchev–Trinajstić information content (AvgIpc) is 2.21. The van der Waals surface area contributed by atoms with E-state index >= 15 is 0 Å². The highest BCUT2D eigenvalue weighted by Crippen LogP contribution is 2.20. The van der Waals surface area contributed by atoms with Crippen molar-refractivity contribution in [2.75, 3.05) is 33.3 Å². The van der Waals surface area contributed by atoms with Crippen LogP contribution in [-0.4, -0.2) is 66.2 Å². The number of amides is 2. The van der Waals surface area contributed by atoms with E-state index in [0.717, 1.165) is 0 Å². The van der Waals surface area contributed by atoms with Crippen molar-refractivity contribution in [3.63, 3.8) is 0 Å². The number of hydrogen-bond acceptors (Lipinski definition) is 4. The van der Waals surface area contributed by atoms with Gasteiger partial charge in [0, 0.05) is 26.1 Å². The molecule has 102 valence electrons. The van der Waals surface area contributed by atoms with Gasteiger partial charge in [0.1, 0.15) is 6.54 Å². The van der Waals surface area contributed by atoms with Crippen molar-refractivity contribution in [2.24, 2.45) is 5.92 Å². The zero-order valence-corrected chi connectivity index (χ0v) is 10.6. The summed E-state index contributed by atoms with van der Waals surface area (Å²) in [5.41, 5.74) is 0. The van der Waals surface area contributed by atoms with E-state index in [4.69, 9.17) is 9.84 Å². The van der Waals surface area contributed by atoms with E-state index in [1.807, 2.05) is 0 Å². The van der Waals surface area contributed by atoms with E-state index in [2.05, 4.69) is 0 Å². The lowest BCUT2D eigenvalue weighted by Gasteiger charge is -2.40. The number of aliphatic carboxylic acids is 1. The van der Waals surface area contributed by atoms with Crippen molar-refractivity contribution in [1.29, 1.82) is 0 Å². The molecule has 1 saturated heterocycles. The summed E-state index contributed by atoms with van der Waals surface area (Å²) in [5.74, 6) is -1.29. The van der Waals surface area contributed by atoms with Gasteiger partial charge in [-0.2, -0.15) is 0 Å². The molecule has 0 aromatic rings. The number of carbonyl (C=O) groups is 3. The van der Waals surface area contributed by atoms with Crippen molar-refractivity contribution < 1.29 is 24.2 Å². The first-order chi connectivity index (χ1) is 8.43. The molecule has 0 spiro atoms. The Balaban J connectivity index is 2.29. The molecule has 7 nitrogen and oxygen atoms in total. The third-order valence-corrected chi connectivity index (χ3v) is 2.69. The van der Waals surface area contributed by atoms with E-state index in [9.17, 15) is 14.4 Å². The largest absolute Gasteiger partial charge is 0.481 e. The second-order valence-corrected chi connectivity index (χ2v) is 4.31. The lowest BCUT2D eigenvalue weighted by Crippen LogP contribution is -2.55. The quantitative estimate of drug-likeness (QED) is 0.702. The molecule has 1 aliphatic rings. The minimum Gasteiger partial charge on any atom is -0.481 e. The number of carboxylic acid groups (broad SMARTS) is 1. The lowest BCUT2D eigenvalue weighted by molar-refractivity contribution is -0.143. The molecule has 1 fully saturated rings. The lowest BCUT2D eigenvalue weighted by atomic mass is 9.97. The van der Waals surface area contributed by atoms with Crippen LogP contribution in [0.25, 0.3) is 0 Å². The summed E-state index contributed by atoms with van der Waals surface area (Å²) in [5, 5.41) is 8.59. The van der Waals surface area contributed by atoms with Crippen molar-refractivity contribution in [3.05, 3.63) is 0 Å². The first-order valence-electron chi connectivity index (χ1n) is 5.81. The Hall–Kier alpha value is -1.79. The fourth-order valence-corrected chi connectivity index (χ4v) is 1.81. The SMILES string of the molecule is CCOC(=O)CN(C)C(=O)N1CC(CC(=O)O)C1. The number of carbonyl (C=O) groups excluding carboxylic acids is 2. The summed E-state index contributed by atoms with van der Waals surface area (Å²) < 4.78 is 4.74. The van der Waals surface area contributed by atoms with Crippen molar-refractivity contribution in [3.8, 4) is 0 Å². The molecule has 0 bridgehead atoms. The van der Waals surface area contributed by atoms with E-state index in [-0.39, 0.29) is 31.5 Å². The van der Waals surface area contributed by atoms with Crippen molar-refractivity contribution >= 4 is 18.0 Å². The second-order valence-electron chi connectivity index (χ2n) is 4.31. The zero-order valence-electron chi connectivity index (χ0n) is 10.6. The van der Waals surface area contributed by atoms with Gasteiger partial charge in [0.25, 0.3) is 0 Å². The van der Waals surface area contributed by atoms with Gasteiger partial charge in [0.15, 0.2) is 0 Å². The number of esters is 1. The van der Waals surface area contributed by atoms with Gasteiger partial charge in [-0.15, -0.1) is 0 Å². The maximum absolute atomic E-state index is 11.8. The summed E-state index contributed by atoms with van der Waals surface area (Å²) in [7, 11) is 1.52. The summed E-state index contributed by atoms with van der Waals surface area (Å²) >= 11 is 0. The number of carboxylic acids is 1. The van der Waals surface area contributed by atoms with Gasteiger partial charge in [-0.3, -0.25) is 9.59 Å². The van der Waals surface area contributed by atoms with Crippen LogP contribution >= 0.6 is 0 Å². The molecule has 0 aromatic carbocycles. The fraction of sp³-hybridized carbons (Fsp3) is 0.727. The number of likely N-dealkylation sites (tertiary alicyclic amines) is 1. The third-order valence-electron chi connectivity index (χ3n) is 2.69. The Bertz CT molecular complexity index is 338. The molecule has 1 aliphatic heterocycles. The molecular formula is C11H18N2O5. The van der Waals surface area contributed by atoms with E-state index in [0.29, 0.717) is 13.1 Å². The fourth-order valence-electron chi connectivity index (χ4n) is 1.81. The van der Waals surface area contributed by atoms with Gasteiger partial charge in [-0.1, -0.05) is 0 Å². The van der Waals surface area contributed by atoms with Crippen LogP contribution in [0.2, 0.25) is 0 Å². The monoisotopic (exact) mass is 258 g/mol. The van der Waals surface area contributed by atoms with Crippen LogP contribution in [-0.2, 0) is 14.3 Å². The van der Waals surface area contributed by atoms with Crippen LogP contribution in [0.15, 0.2) is 0 Å². The van der Waals surface area contributed by atoms with Crippen LogP contribution in [0.1, 0.15) is 13.3 Å². The number of urea groups is 1. The highest BCUT2D eigenvalue weighted by molar-refractivity contribution is 5.81. The highest BCUT2D eigenvalue weighted by Gasteiger charge is 2.33. The Kier molecular flexibility index (Phi) is 4.94. The molecule has 0 unspecified atom stereocenters. The maximum atomic E-state index is 11.8. The van der Waals surface area contributed by atoms with Crippen molar-refractivity contribution in [1.82, 2.24) is 9.80 Å². The Morgan fingerprint density at radius 3 is 2.50 bits per heavy atom. The number of likely N-dealkylation sites (N-methyl/N-ethyl adjacent to an activating group) is 1. The molecule has 7 heteroatoms. The summed E-state index contributed by atoms with van der Waals surface area (Å²) in [6.45, 7) is 2.75. The first-order valence-corrected chi connectivity index (χ1v) is 5.81. The first kappa shape index (κ1) is 14.3. The smallest absolute Gasteiger partial charge is 0.325 e. The molecule has 1 rings (SSSR count). The third kappa shape index (κ3) is 3.90. The van der Waals surface area contributed by atoms with Crippen LogP contribution in [0, 0.1) is 5.92 Å². The predicted molar refractivity (Wildman–Crippen MR) is 62.0 cm³/mol. The molecule has 0 aliphatic carbocycles. The van der Waals surface area contributed by atoms with Gasteiger partial charge in [-0.05, 0) is 6.92 Å². The summed E-state index contributed by atoms with van der Waals surface area (Å²) in [4.78, 5) is 36.2. The topological polar surface area (TPSA) is 87.2 Å². The number of rotatable bonds is 5. The summed E-state index contributed by atoms with van der Waals surface area (Å²) in [6.07, 6.45) is 0.0748. The zero-order chi connectivity index (χ0) is 13.7. The van der Waals surface area contributed by atoms with Crippen LogP contribution in [0.3, 0.4) is 0 Å². The van der Waals surface area contributed by atoms with Gasteiger partial charge >= 0.3 is 18.0 Å². The Morgan fingerprint density at radius 2 is 2.00 bits per heavy atom. The molecule has 1 N–H and O–H groups in total.